The zero-order valence-corrected chi connectivity index (χ0v) is 17.8. The fraction of sp³-hybridized carbons (Fsp3) is 0.280. The average molecular weight is 477 g/mol. The molecule has 1 N–H and O–H groups in total. The molecule has 0 amide bonds. The Bertz CT molecular complexity index is 1210. The largest absolute Gasteiger partial charge is 0.489 e. The van der Waals surface area contributed by atoms with Gasteiger partial charge in [0.2, 0.25) is 0 Å². The van der Waals surface area contributed by atoms with Gasteiger partial charge in [-0.3, -0.25) is 0 Å². The Balaban J connectivity index is 1.70. The van der Waals surface area contributed by atoms with E-state index in [9.17, 15) is 31.9 Å². The first kappa shape index (κ1) is 23.7. The van der Waals surface area contributed by atoms with E-state index in [0.717, 1.165) is 18.2 Å². The SMILES string of the molecule is O=C(O)c1cccc(C2CCCC2c2cc(C(F)(F)F)ccc2OCc2ccc(F)cc2F)n1. The van der Waals surface area contributed by atoms with Crippen molar-refractivity contribution in [3.8, 4) is 5.75 Å². The maximum absolute atomic E-state index is 14.0. The van der Waals surface area contributed by atoms with Gasteiger partial charge in [0.1, 0.15) is 29.7 Å². The molecule has 0 bridgehead atoms. The van der Waals surface area contributed by atoms with Crippen molar-refractivity contribution in [1.29, 1.82) is 0 Å². The molecule has 1 saturated carbocycles. The van der Waals surface area contributed by atoms with Crippen molar-refractivity contribution in [3.63, 3.8) is 0 Å². The summed E-state index contributed by atoms with van der Waals surface area (Å²) in [5.74, 6) is -3.33. The highest BCUT2D eigenvalue weighted by atomic mass is 19.4. The third-order valence-corrected chi connectivity index (χ3v) is 6.02. The number of nitrogens with zero attached hydrogens (tertiary/aromatic N) is 1. The summed E-state index contributed by atoms with van der Waals surface area (Å²) in [6, 6.07) is 10.7. The fourth-order valence-corrected chi connectivity index (χ4v) is 4.40. The highest BCUT2D eigenvalue weighted by Crippen LogP contribution is 2.49. The molecule has 9 heteroatoms. The standard InChI is InChI=1S/C25H20F5NO3/c26-16-9-7-14(20(27)12-16)13-34-23-10-8-15(25(28,29)30)11-19(23)17-3-1-4-18(17)21-5-2-6-22(31-21)24(32)33/h2,5-12,17-18H,1,3-4,13H2,(H,32,33). The van der Waals surface area contributed by atoms with Crippen LogP contribution in [0.15, 0.2) is 54.6 Å². The van der Waals surface area contributed by atoms with Gasteiger partial charge in [0.25, 0.3) is 0 Å². The van der Waals surface area contributed by atoms with Crippen molar-refractivity contribution >= 4 is 5.97 Å². The molecule has 0 radical (unpaired) electrons. The second-order valence-corrected chi connectivity index (χ2v) is 8.17. The van der Waals surface area contributed by atoms with Gasteiger partial charge in [0, 0.05) is 23.2 Å². The average Bonchev–Trinajstić information content (AvgIpc) is 3.27. The maximum atomic E-state index is 14.0. The van der Waals surface area contributed by atoms with Crippen molar-refractivity contribution in [1.82, 2.24) is 4.98 Å². The quantitative estimate of drug-likeness (QED) is 0.401. The van der Waals surface area contributed by atoms with Gasteiger partial charge in [-0.1, -0.05) is 12.5 Å². The van der Waals surface area contributed by atoms with Gasteiger partial charge in [-0.15, -0.1) is 0 Å². The summed E-state index contributed by atoms with van der Waals surface area (Å²) in [5.41, 5.74) is -0.153. The topological polar surface area (TPSA) is 59.4 Å². The van der Waals surface area contributed by atoms with E-state index in [1.54, 1.807) is 12.1 Å². The van der Waals surface area contributed by atoms with Crippen LogP contribution in [0.2, 0.25) is 0 Å². The van der Waals surface area contributed by atoms with Crippen LogP contribution < -0.4 is 4.74 Å². The van der Waals surface area contributed by atoms with Gasteiger partial charge < -0.3 is 9.84 Å². The number of alkyl halides is 3. The van der Waals surface area contributed by atoms with Crippen molar-refractivity contribution in [2.45, 2.75) is 43.9 Å². The second-order valence-electron chi connectivity index (χ2n) is 8.17. The Morgan fingerprint density at radius 2 is 1.79 bits per heavy atom. The Kier molecular flexibility index (Phi) is 6.54. The van der Waals surface area contributed by atoms with E-state index in [-0.39, 0.29) is 29.5 Å². The number of ether oxygens (including phenoxy) is 1. The molecule has 1 fully saturated rings. The maximum Gasteiger partial charge on any atom is 0.416 e. The smallest absolute Gasteiger partial charge is 0.416 e. The number of benzene rings is 2. The number of pyridine rings is 1. The van der Waals surface area contributed by atoms with Gasteiger partial charge in [-0.25, -0.2) is 18.6 Å². The number of aromatic nitrogens is 1. The number of carbonyl (C=O) groups is 1. The minimum atomic E-state index is -4.58. The molecule has 1 aliphatic rings. The van der Waals surface area contributed by atoms with E-state index >= 15 is 0 Å². The molecule has 2 aromatic carbocycles. The number of aromatic carboxylic acids is 1. The molecule has 4 nitrogen and oxygen atoms in total. The lowest BCUT2D eigenvalue weighted by Gasteiger charge is -2.24. The van der Waals surface area contributed by atoms with Gasteiger partial charge in [0.05, 0.1) is 5.56 Å². The van der Waals surface area contributed by atoms with E-state index in [2.05, 4.69) is 4.98 Å². The monoisotopic (exact) mass is 477 g/mol. The lowest BCUT2D eigenvalue weighted by Crippen LogP contribution is -2.13. The molecule has 0 saturated heterocycles. The normalized spacial score (nSPS) is 18.1. The number of halogens is 5. The van der Waals surface area contributed by atoms with Crippen molar-refractivity contribution in [2.24, 2.45) is 0 Å². The summed E-state index contributed by atoms with van der Waals surface area (Å²) in [4.78, 5) is 15.5. The molecule has 2 unspecified atom stereocenters. The predicted molar refractivity (Wildman–Crippen MR) is 113 cm³/mol. The first-order valence-electron chi connectivity index (χ1n) is 10.6. The summed E-state index contributed by atoms with van der Waals surface area (Å²) in [5, 5.41) is 9.26. The molecule has 1 aliphatic carbocycles. The number of hydrogen-bond acceptors (Lipinski definition) is 3. The number of carboxylic acid groups (broad SMARTS) is 1. The van der Waals surface area contributed by atoms with Crippen LogP contribution in [0, 0.1) is 11.6 Å². The van der Waals surface area contributed by atoms with Gasteiger partial charge in [-0.05, 0) is 66.8 Å². The van der Waals surface area contributed by atoms with Crippen LogP contribution in [-0.4, -0.2) is 16.1 Å². The van der Waals surface area contributed by atoms with E-state index in [4.69, 9.17) is 4.74 Å². The third-order valence-electron chi connectivity index (χ3n) is 6.02. The minimum Gasteiger partial charge on any atom is -0.489 e. The molecule has 34 heavy (non-hydrogen) atoms. The van der Waals surface area contributed by atoms with E-state index in [1.807, 2.05) is 0 Å². The van der Waals surface area contributed by atoms with Crippen LogP contribution in [0.3, 0.4) is 0 Å². The predicted octanol–water partition coefficient (Wildman–Crippen LogP) is 6.71. The first-order valence-corrected chi connectivity index (χ1v) is 10.6. The van der Waals surface area contributed by atoms with Crippen molar-refractivity contribution < 1.29 is 36.6 Å². The minimum absolute atomic E-state index is 0.0612. The Morgan fingerprint density at radius 1 is 1.03 bits per heavy atom. The van der Waals surface area contributed by atoms with Gasteiger partial charge in [-0.2, -0.15) is 13.2 Å². The fourth-order valence-electron chi connectivity index (χ4n) is 4.40. The van der Waals surface area contributed by atoms with Gasteiger partial charge in [0.15, 0.2) is 0 Å². The molecule has 1 aromatic heterocycles. The van der Waals surface area contributed by atoms with Crippen molar-refractivity contribution in [3.05, 3.63) is 94.3 Å². The lowest BCUT2D eigenvalue weighted by atomic mass is 9.85. The molecular formula is C25H20F5NO3. The zero-order valence-electron chi connectivity index (χ0n) is 17.8. The van der Waals surface area contributed by atoms with E-state index in [1.165, 1.54) is 18.2 Å². The summed E-state index contributed by atoms with van der Waals surface area (Å²) in [6.07, 6.45) is -2.71. The Hall–Kier alpha value is -3.49. The van der Waals surface area contributed by atoms with E-state index in [0.29, 0.717) is 36.6 Å². The van der Waals surface area contributed by atoms with Crippen LogP contribution in [-0.2, 0) is 12.8 Å². The Morgan fingerprint density at radius 3 is 2.50 bits per heavy atom. The van der Waals surface area contributed by atoms with Crippen LogP contribution in [0.25, 0.3) is 0 Å². The summed E-state index contributed by atoms with van der Waals surface area (Å²) in [6.45, 7) is -0.297. The number of hydrogen-bond donors (Lipinski definition) is 1. The molecular weight excluding hydrogens is 457 g/mol. The molecule has 1 heterocycles. The number of rotatable bonds is 6. The molecule has 0 aliphatic heterocycles. The first-order chi connectivity index (χ1) is 16.1. The molecule has 178 valence electrons. The molecule has 3 aromatic rings. The lowest BCUT2D eigenvalue weighted by molar-refractivity contribution is -0.137. The van der Waals surface area contributed by atoms with Crippen molar-refractivity contribution in [2.75, 3.05) is 0 Å². The molecule has 2 atom stereocenters. The van der Waals surface area contributed by atoms with Gasteiger partial charge >= 0.3 is 12.1 Å². The summed E-state index contributed by atoms with van der Waals surface area (Å²) >= 11 is 0. The highest BCUT2D eigenvalue weighted by Gasteiger charge is 2.36. The third kappa shape index (κ3) is 5.03. The Labute approximate surface area is 192 Å². The summed E-state index contributed by atoms with van der Waals surface area (Å²) < 4.78 is 73.4. The zero-order chi connectivity index (χ0) is 24.5. The second kappa shape index (κ2) is 9.40. The van der Waals surface area contributed by atoms with Crippen LogP contribution >= 0.6 is 0 Å². The van der Waals surface area contributed by atoms with Crippen LogP contribution in [0.1, 0.15) is 64.0 Å². The van der Waals surface area contributed by atoms with Crippen LogP contribution in [0.5, 0.6) is 5.75 Å². The highest BCUT2D eigenvalue weighted by molar-refractivity contribution is 5.85. The number of carboxylic acids is 1. The van der Waals surface area contributed by atoms with Crippen LogP contribution in [0.4, 0.5) is 22.0 Å². The molecule has 4 rings (SSSR count). The van der Waals surface area contributed by atoms with E-state index < -0.39 is 35.3 Å². The summed E-state index contributed by atoms with van der Waals surface area (Å²) in [7, 11) is 0. The molecule has 0 spiro atoms.